The maximum absolute atomic E-state index is 12.3. The summed E-state index contributed by atoms with van der Waals surface area (Å²) in [4.78, 5) is 27.9. The number of carbonyl (C=O) groups excluding carboxylic acids is 2. The first-order valence-corrected chi connectivity index (χ1v) is 7.22. The van der Waals surface area contributed by atoms with Crippen molar-refractivity contribution in [2.75, 3.05) is 10.3 Å². The first-order valence-electron chi connectivity index (χ1n) is 7.22. The predicted octanol–water partition coefficient (Wildman–Crippen LogP) is 0.846. The lowest BCUT2D eigenvalue weighted by molar-refractivity contribution is -0.119. The Morgan fingerprint density at radius 2 is 1.96 bits per heavy atom. The quantitative estimate of drug-likeness (QED) is 0.769. The van der Waals surface area contributed by atoms with E-state index in [0.717, 1.165) is 0 Å². The van der Waals surface area contributed by atoms with Crippen molar-refractivity contribution in [2.45, 2.75) is 12.5 Å². The van der Waals surface area contributed by atoms with Crippen LogP contribution in [0.1, 0.15) is 6.42 Å². The predicted molar refractivity (Wildman–Crippen MR) is 88.5 cm³/mol. The fourth-order valence-electron chi connectivity index (χ4n) is 2.36. The number of para-hydroxylation sites is 1. The zero-order valence-corrected chi connectivity index (χ0v) is 12.6. The molecule has 1 aliphatic heterocycles. The molecule has 0 unspecified atom stereocenters. The van der Waals surface area contributed by atoms with E-state index in [-0.39, 0.29) is 23.7 Å². The summed E-state index contributed by atoms with van der Waals surface area (Å²) < 4.78 is 0. The second-order valence-corrected chi connectivity index (χ2v) is 5.17. The molecule has 1 aromatic carbocycles. The molecule has 0 fully saturated rings. The van der Waals surface area contributed by atoms with Gasteiger partial charge < -0.3 is 16.2 Å². The molecule has 0 saturated carbocycles. The van der Waals surface area contributed by atoms with Crippen LogP contribution in [-0.4, -0.2) is 33.7 Å². The van der Waals surface area contributed by atoms with E-state index in [2.05, 4.69) is 15.4 Å². The summed E-state index contributed by atoms with van der Waals surface area (Å²) in [6.07, 6.45) is 1.51. The third-order valence-corrected chi connectivity index (χ3v) is 3.54. The van der Waals surface area contributed by atoms with Gasteiger partial charge >= 0.3 is 0 Å². The molecule has 1 atom stereocenters. The molecule has 1 aromatic heterocycles. The van der Waals surface area contributed by atoms with E-state index < -0.39 is 17.9 Å². The van der Waals surface area contributed by atoms with Gasteiger partial charge in [-0.25, -0.2) is 4.98 Å². The Bertz CT molecular complexity index is 806. The molecule has 0 aliphatic carbocycles. The summed E-state index contributed by atoms with van der Waals surface area (Å²) in [6.45, 7) is 0. The van der Waals surface area contributed by atoms with Crippen molar-refractivity contribution in [1.29, 1.82) is 0 Å². The number of amides is 2. The van der Waals surface area contributed by atoms with Gasteiger partial charge in [-0.15, -0.1) is 0 Å². The van der Waals surface area contributed by atoms with Crippen LogP contribution < -0.4 is 16.1 Å². The first kappa shape index (κ1) is 15.5. The Morgan fingerprint density at radius 1 is 1.21 bits per heavy atom. The number of nitrogens with zero attached hydrogens (tertiary/aromatic N) is 3. The van der Waals surface area contributed by atoms with E-state index in [1.165, 1.54) is 17.3 Å². The van der Waals surface area contributed by atoms with Crippen LogP contribution in [0.25, 0.3) is 0 Å². The number of primary amides is 1. The Morgan fingerprint density at radius 3 is 2.62 bits per heavy atom. The summed E-state index contributed by atoms with van der Waals surface area (Å²) in [5.41, 5.74) is 6.22. The molecular formula is C16H15N5O3. The van der Waals surface area contributed by atoms with Crippen LogP contribution in [-0.2, 0) is 9.59 Å². The molecule has 4 N–H and O–H groups in total. The van der Waals surface area contributed by atoms with E-state index in [4.69, 9.17) is 5.73 Å². The minimum Gasteiger partial charge on any atom is -0.504 e. The molecule has 0 radical (unpaired) electrons. The normalized spacial score (nSPS) is 16.6. The smallest absolute Gasteiger partial charge is 0.273 e. The number of benzene rings is 1. The van der Waals surface area contributed by atoms with Crippen molar-refractivity contribution in [3.05, 3.63) is 48.7 Å². The van der Waals surface area contributed by atoms with Crippen molar-refractivity contribution in [1.82, 2.24) is 4.98 Å². The molecule has 8 heteroatoms. The Labute approximate surface area is 137 Å². The Kier molecular flexibility index (Phi) is 4.11. The Balaban J connectivity index is 1.84. The highest BCUT2D eigenvalue weighted by Crippen LogP contribution is 2.25. The zero-order chi connectivity index (χ0) is 17.1. The van der Waals surface area contributed by atoms with Crippen LogP contribution in [0, 0.1) is 0 Å². The van der Waals surface area contributed by atoms with Crippen LogP contribution >= 0.6 is 0 Å². The van der Waals surface area contributed by atoms with Crippen LogP contribution in [0.2, 0.25) is 0 Å². The molecule has 8 nitrogen and oxygen atoms in total. The van der Waals surface area contributed by atoms with Gasteiger partial charge in [0.2, 0.25) is 5.91 Å². The number of hydrogen-bond donors (Lipinski definition) is 3. The van der Waals surface area contributed by atoms with E-state index in [1.54, 1.807) is 30.3 Å². The van der Waals surface area contributed by atoms with Crippen molar-refractivity contribution in [3.63, 3.8) is 0 Å². The van der Waals surface area contributed by atoms with E-state index >= 15 is 0 Å². The highest BCUT2D eigenvalue weighted by molar-refractivity contribution is 6.44. The topological polar surface area (TPSA) is 121 Å². The van der Waals surface area contributed by atoms with Gasteiger partial charge in [-0.1, -0.05) is 18.2 Å². The van der Waals surface area contributed by atoms with Gasteiger partial charge in [0.1, 0.15) is 11.8 Å². The standard InChI is InChI=1S/C16H15N5O3/c17-14(23)12-9-11(20-21(12)10-5-2-1-3-6-10)16(24)19-15-13(22)7-4-8-18-15/h1-8,12,22H,9H2,(H2,17,23)(H,18,19,24)/t12-/m0/s1. The van der Waals surface area contributed by atoms with Gasteiger partial charge in [-0.2, -0.15) is 5.10 Å². The van der Waals surface area contributed by atoms with E-state index in [1.807, 2.05) is 6.07 Å². The summed E-state index contributed by atoms with van der Waals surface area (Å²) in [5, 5.41) is 17.8. The molecule has 2 heterocycles. The first-order chi connectivity index (χ1) is 11.6. The van der Waals surface area contributed by atoms with Gasteiger partial charge in [-0.05, 0) is 24.3 Å². The minimum atomic E-state index is -0.745. The van der Waals surface area contributed by atoms with Gasteiger partial charge in [0.05, 0.1) is 5.69 Å². The molecule has 122 valence electrons. The van der Waals surface area contributed by atoms with Crippen molar-refractivity contribution in [3.8, 4) is 5.75 Å². The molecule has 2 aromatic rings. The van der Waals surface area contributed by atoms with Crippen LogP contribution in [0.3, 0.4) is 0 Å². The SMILES string of the molecule is NC(=O)[C@@H]1CC(C(=O)Nc2ncccc2O)=NN1c1ccccc1. The summed E-state index contributed by atoms with van der Waals surface area (Å²) in [5.74, 6) is -1.26. The molecular weight excluding hydrogens is 310 g/mol. The molecule has 24 heavy (non-hydrogen) atoms. The van der Waals surface area contributed by atoms with E-state index in [9.17, 15) is 14.7 Å². The van der Waals surface area contributed by atoms with Crippen LogP contribution in [0.15, 0.2) is 53.8 Å². The number of hydrazone groups is 1. The third-order valence-electron chi connectivity index (χ3n) is 3.54. The van der Waals surface area contributed by atoms with Crippen molar-refractivity contribution < 1.29 is 14.7 Å². The number of pyridine rings is 1. The zero-order valence-electron chi connectivity index (χ0n) is 12.6. The molecule has 2 amide bonds. The number of nitrogens with two attached hydrogens (primary N) is 1. The second-order valence-electron chi connectivity index (χ2n) is 5.17. The maximum atomic E-state index is 12.3. The molecule has 0 bridgehead atoms. The number of aromatic nitrogens is 1. The lowest BCUT2D eigenvalue weighted by Gasteiger charge is -2.20. The molecule has 1 aliphatic rings. The largest absolute Gasteiger partial charge is 0.504 e. The van der Waals surface area contributed by atoms with Gasteiger partial charge in [-0.3, -0.25) is 14.6 Å². The molecule has 0 saturated heterocycles. The van der Waals surface area contributed by atoms with Crippen molar-refractivity contribution in [2.24, 2.45) is 10.8 Å². The molecule has 3 rings (SSSR count). The fraction of sp³-hybridized carbons (Fsp3) is 0.125. The van der Waals surface area contributed by atoms with Crippen molar-refractivity contribution >= 4 is 29.0 Å². The highest BCUT2D eigenvalue weighted by atomic mass is 16.3. The number of rotatable bonds is 4. The number of aromatic hydroxyl groups is 1. The number of nitrogens with one attached hydrogen (secondary N) is 1. The minimum absolute atomic E-state index is 0.0268. The van der Waals surface area contributed by atoms with Gasteiger partial charge in [0, 0.05) is 12.6 Å². The number of carbonyl (C=O) groups is 2. The summed E-state index contributed by atoms with van der Waals surface area (Å²) in [6, 6.07) is 11.2. The Hall–Kier alpha value is -3.42. The lowest BCUT2D eigenvalue weighted by atomic mass is 10.1. The fourth-order valence-corrected chi connectivity index (χ4v) is 2.36. The summed E-state index contributed by atoms with van der Waals surface area (Å²) >= 11 is 0. The number of hydrogen-bond acceptors (Lipinski definition) is 6. The van der Waals surface area contributed by atoms with Crippen LogP contribution in [0.4, 0.5) is 11.5 Å². The second kappa shape index (κ2) is 6.37. The average molecular weight is 325 g/mol. The lowest BCUT2D eigenvalue weighted by Crippen LogP contribution is -2.39. The highest BCUT2D eigenvalue weighted by Gasteiger charge is 2.35. The summed E-state index contributed by atoms with van der Waals surface area (Å²) in [7, 11) is 0. The van der Waals surface area contributed by atoms with Gasteiger partial charge in [0.15, 0.2) is 11.6 Å². The van der Waals surface area contributed by atoms with Gasteiger partial charge in [0.25, 0.3) is 5.91 Å². The van der Waals surface area contributed by atoms with Crippen LogP contribution in [0.5, 0.6) is 5.75 Å². The monoisotopic (exact) mass is 325 g/mol. The van der Waals surface area contributed by atoms with E-state index in [0.29, 0.717) is 5.69 Å². The molecule has 0 spiro atoms. The maximum Gasteiger partial charge on any atom is 0.273 e. The average Bonchev–Trinajstić information content (AvgIpc) is 3.03. The number of anilines is 2. The third kappa shape index (κ3) is 3.02.